The molecule has 1 aromatic rings. The minimum Gasteiger partial charge on any atom is -0.446 e. The number of amides is 2. The summed E-state index contributed by atoms with van der Waals surface area (Å²) in [5.41, 5.74) is 1.75. The maximum Gasteiger partial charge on any atom is 0.410 e. The van der Waals surface area contributed by atoms with E-state index in [0.29, 0.717) is 19.0 Å². The predicted octanol–water partition coefficient (Wildman–Crippen LogP) is 0.938. The Balaban J connectivity index is 1.37. The highest BCUT2D eigenvalue weighted by atomic mass is 16.6. The minimum atomic E-state index is -0.643. The third-order valence-corrected chi connectivity index (χ3v) is 5.30. The second kappa shape index (κ2) is 6.47. The van der Waals surface area contributed by atoms with Crippen LogP contribution < -0.4 is 10.4 Å². The number of aromatic nitrogens is 2. The number of rotatable bonds is 3. The first kappa shape index (κ1) is 16.1. The van der Waals surface area contributed by atoms with E-state index in [4.69, 9.17) is 9.94 Å². The molecule has 0 aromatic carbocycles. The van der Waals surface area contributed by atoms with Gasteiger partial charge in [0.2, 0.25) is 5.95 Å². The Morgan fingerprint density at radius 2 is 1.88 bits per heavy atom. The lowest BCUT2D eigenvalue weighted by atomic mass is 10.2. The summed E-state index contributed by atoms with van der Waals surface area (Å²) in [5.74, 6) is -0.110. The van der Waals surface area contributed by atoms with Crippen LogP contribution in [0.15, 0.2) is 12.4 Å². The molecule has 1 aliphatic carbocycles. The van der Waals surface area contributed by atoms with Gasteiger partial charge in [0.05, 0.1) is 17.6 Å². The van der Waals surface area contributed by atoms with Gasteiger partial charge >= 0.3 is 6.09 Å². The SMILES string of the molecule is O=C(NO)c1cnc(N2CC3CC2CN3C(=O)OC2CCCC2)nc1. The molecule has 25 heavy (non-hydrogen) atoms. The highest BCUT2D eigenvalue weighted by Crippen LogP contribution is 2.34. The molecule has 2 atom stereocenters. The molecule has 3 fully saturated rings. The van der Waals surface area contributed by atoms with Crippen LogP contribution in [0.4, 0.5) is 10.7 Å². The van der Waals surface area contributed by atoms with Gasteiger partial charge in [-0.25, -0.2) is 20.2 Å². The number of fused-ring (bicyclic) bond motifs is 2. The van der Waals surface area contributed by atoms with Crippen LogP contribution >= 0.6 is 0 Å². The van der Waals surface area contributed by atoms with Crippen LogP contribution in [0.3, 0.4) is 0 Å². The van der Waals surface area contributed by atoms with Crippen LogP contribution in [0.2, 0.25) is 0 Å². The van der Waals surface area contributed by atoms with Gasteiger partial charge in [0.1, 0.15) is 6.10 Å². The molecule has 2 aliphatic heterocycles. The van der Waals surface area contributed by atoms with Gasteiger partial charge in [0.25, 0.3) is 5.91 Å². The first-order valence-corrected chi connectivity index (χ1v) is 8.66. The lowest BCUT2D eigenvalue weighted by Crippen LogP contribution is -2.50. The number of nitrogens with one attached hydrogen (secondary N) is 1. The summed E-state index contributed by atoms with van der Waals surface area (Å²) in [7, 11) is 0. The molecule has 2 unspecified atom stereocenters. The molecule has 0 spiro atoms. The topological polar surface area (TPSA) is 108 Å². The molecule has 2 amide bonds. The summed E-state index contributed by atoms with van der Waals surface area (Å²) in [4.78, 5) is 36.0. The fourth-order valence-electron chi connectivity index (χ4n) is 4.00. The Bertz CT molecular complexity index is 661. The lowest BCUT2D eigenvalue weighted by molar-refractivity contribution is 0.0603. The lowest BCUT2D eigenvalue weighted by Gasteiger charge is -2.34. The van der Waals surface area contributed by atoms with E-state index in [1.54, 1.807) is 5.48 Å². The van der Waals surface area contributed by atoms with E-state index < -0.39 is 5.91 Å². The summed E-state index contributed by atoms with van der Waals surface area (Å²) < 4.78 is 5.61. The fraction of sp³-hybridized carbons (Fsp3) is 0.625. The monoisotopic (exact) mass is 347 g/mol. The first-order valence-electron chi connectivity index (χ1n) is 8.66. The Hall–Kier alpha value is -2.42. The van der Waals surface area contributed by atoms with Gasteiger partial charge in [-0.1, -0.05) is 0 Å². The van der Waals surface area contributed by atoms with Crippen molar-refractivity contribution in [3.05, 3.63) is 18.0 Å². The summed E-state index contributed by atoms with van der Waals surface area (Å²) in [5, 5.41) is 8.62. The summed E-state index contributed by atoms with van der Waals surface area (Å²) >= 11 is 0. The van der Waals surface area contributed by atoms with E-state index in [-0.39, 0.29) is 29.8 Å². The van der Waals surface area contributed by atoms with Crippen molar-refractivity contribution in [3.8, 4) is 0 Å². The van der Waals surface area contributed by atoms with Crippen LogP contribution in [0.1, 0.15) is 42.5 Å². The Labute approximate surface area is 144 Å². The van der Waals surface area contributed by atoms with Gasteiger partial charge in [-0.15, -0.1) is 0 Å². The van der Waals surface area contributed by atoms with Crippen molar-refractivity contribution < 1.29 is 19.5 Å². The van der Waals surface area contributed by atoms with Gasteiger partial charge in [-0.05, 0) is 32.1 Å². The zero-order valence-corrected chi connectivity index (χ0v) is 13.8. The molecule has 3 aliphatic rings. The molecule has 2 bridgehead atoms. The van der Waals surface area contributed by atoms with Crippen LogP contribution in [-0.4, -0.2) is 63.4 Å². The standard InChI is InChI=1S/C16H21N5O4/c22-14(19-24)10-6-17-15(18-7-10)20-8-12-5-11(20)9-21(12)16(23)25-13-3-1-2-4-13/h6-7,11-13,24H,1-5,8-9H2,(H,19,22). The maximum absolute atomic E-state index is 12.4. The predicted molar refractivity (Wildman–Crippen MR) is 86.3 cm³/mol. The quantitative estimate of drug-likeness (QED) is 0.619. The molecule has 2 N–H and O–H groups in total. The summed E-state index contributed by atoms with van der Waals surface area (Å²) in [6.07, 6.45) is 7.74. The second-order valence-electron chi connectivity index (χ2n) is 6.85. The molecular formula is C16H21N5O4. The molecule has 0 radical (unpaired) electrons. The molecule has 1 aromatic heterocycles. The van der Waals surface area contributed by atoms with Crippen LogP contribution in [-0.2, 0) is 4.74 Å². The van der Waals surface area contributed by atoms with Crippen molar-refractivity contribution in [1.29, 1.82) is 0 Å². The van der Waals surface area contributed by atoms with Crippen molar-refractivity contribution in [2.75, 3.05) is 18.0 Å². The van der Waals surface area contributed by atoms with Gasteiger partial charge in [0.15, 0.2) is 0 Å². The van der Waals surface area contributed by atoms with Gasteiger partial charge < -0.3 is 14.5 Å². The van der Waals surface area contributed by atoms with Crippen LogP contribution in [0.5, 0.6) is 0 Å². The highest BCUT2D eigenvalue weighted by molar-refractivity contribution is 5.92. The largest absolute Gasteiger partial charge is 0.446 e. The number of piperazine rings is 1. The number of likely N-dealkylation sites (tertiary alicyclic amines) is 1. The number of carbonyl (C=O) groups is 2. The Kier molecular flexibility index (Phi) is 4.16. The number of nitrogens with zero attached hydrogens (tertiary/aromatic N) is 4. The fourth-order valence-corrected chi connectivity index (χ4v) is 4.00. The second-order valence-corrected chi connectivity index (χ2v) is 6.85. The average Bonchev–Trinajstić information content (AvgIpc) is 3.37. The van der Waals surface area contributed by atoms with Gasteiger partial charge in [0, 0.05) is 25.5 Å². The maximum atomic E-state index is 12.4. The van der Waals surface area contributed by atoms with Crippen LogP contribution in [0.25, 0.3) is 0 Å². The summed E-state index contributed by atoms with van der Waals surface area (Å²) in [6, 6.07) is 0.279. The number of hydroxylamine groups is 1. The third-order valence-electron chi connectivity index (χ3n) is 5.30. The number of hydrogen-bond acceptors (Lipinski definition) is 7. The summed E-state index contributed by atoms with van der Waals surface area (Å²) in [6.45, 7) is 1.27. The molecule has 4 rings (SSSR count). The van der Waals surface area contributed by atoms with Gasteiger partial charge in [-0.2, -0.15) is 0 Å². The van der Waals surface area contributed by atoms with Crippen molar-refractivity contribution >= 4 is 17.9 Å². The number of ether oxygens (including phenoxy) is 1. The van der Waals surface area contributed by atoms with E-state index >= 15 is 0 Å². The molecule has 2 saturated heterocycles. The van der Waals surface area contributed by atoms with Crippen molar-refractivity contribution in [3.63, 3.8) is 0 Å². The smallest absolute Gasteiger partial charge is 0.410 e. The molecule has 1 saturated carbocycles. The van der Waals surface area contributed by atoms with Crippen molar-refractivity contribution in [1.82, 2.24) is 20.3 Å². The molecule has 134 valence electrons. The third kappa shape index (κ3) is 2.99. The van der Waals surface area contributed by atoms with E-state index in [1.807, 2.05) is 4.90 Å². The number of carbonyl (C=O) groups excluding carboxylic acids is 2. The minimum absolute atomic E-state index is 0.0799. The van der Waals surface area contributed by atoms with Crippen LogP contribution in [0, 0.1) is 0 Å². The van der Waals surface area contributed by atoms with E-state index in [9.17, 15) is 9.59 Å². The zero-order valence-electron chi connectivity index (χ0n) is 13.8. The van der Waals surface area contributed by atoms with Crippen molar-refractivity contribution in [2.45, 2.75) is 50.3 Å². The normalized spacial score (nSPS) is 25.5. The Morgan fingerprint density at radius 3 is 2.48 bits per heavy atom. The molecule has 3 heterocycles. The molecule has 9 nitrogen and oxygen atoms in total. The number of anilines is 1. The van der Waals surface area contributed by atoms with E-state index in [1.165, 1.54) is 12.4 Å². The van der Waals surface area contributed by atoms with Gasteiger partial charge in [-0.3, -0.25) is 10.0 Å². The molecule has 9 heteroatoms. The molecular weight excluding hydrogens is 326 g/mol. The highest BCUT2D eigenvalue weighted by Gasteiger charge is 2.47. The van der Waals surface area contributed by atoms with E-state index in [2.05, 4.69) is 14.9 Å². The Morgan fingerprint density at radius 1 is 1.16 bits per heavy atom. The first-order chi connectivity index (χ1) is 12.2. The zero-order chi connectivity index (χ0) is 17.4. The van der Waals surface area contributed by atoms with E-state index in [0.717, 1.165) is 32.1 Å². The van der Waals surface area contributed by atoms with Crippen molar-refractivity contribution in [2.24, 2.45) is 0 Å². The number of hydrogen-bond donors (Lipinski definition) is 2. The average molecular weight is 347 g/mol.